The summed E-state index contributed by atoms with van der Waals surface area (Å²) in [7, 11) is 0. The van der Waals surface area contributed by atoms with Gasteiger partial charge in [0.2, 0.25) is 0 Å². The van der Waals surface area contributed by atoms with E-state index in [-0.39, 0.29) is 0 Å². The van der Waals surface area contributed by atoms with E-state index in [1.54, 1.807) is 0 Å². The van der Waals surface area contributed by atoms with Crippen LogP contribution in [0.1, 0.15) is 32.3 Å². The van der Waals surface area contributed by atoms with E-state index in [4.69, 9.17) is 23.2 Å². The average Bonchev–Trinajstić information content (AvgIpc) is 3.03. The molecule has 1 saturated carbocycles. The van der Waals surface area contributed by atoms with Crippen molar-refractivity contribution in [2.24, 2.45) is 5.92 Å². The van der Waals surface area contributed by atoms with E-state index >= 15 is 0 Å². The number of pyridine rings is 1. The molecule has 0 N–H and O–H groups in total. The maximum absolute atomic E-state index is 6.11. The molecule has 1 fully saturated rings. The minimum absolute atomic E-state index is 0.459. The monoisotopic (exact) mass is 272 g/mol. The molecule has 1 aromatic rings. The van der Waals surface area contributed by atoms with E-state index in [1.807, 2.05) is 12.1 Å². The second kappa shape index (κ2) is 5.55. The second-order valence-electron chi connectivity index (χ2n) is 5.14. The summed E-state index contributed by atoms with van der Waals surface area (Å²) < 4.78 is 0. The Morgan fingerprint density at radius 1 is 1.35 bits per heavy atom. The summed E-state index contributed by atoms with van der Waals surface area (Å²) in [5.41, 5.74) is 1.07. The van der Waals surface area contributed by atoms with Gasteiger partial charge in [0, 0.05) is 24.7 Å². The highest BCUT2D eigenvalue weighted by atomic mass is 35.5. The third kappa shape index (κ3) is 3.84. The number of hydrogen-bond acceptors (Lipinski definition) is 2. The predicted molar refractivity (Wildman–Crippen MR) is 72.5 cm³/mol. The fourth-order valence-corrected chi connectivity index (χ4v) is 2.43. The molecular formula is C13H18Cl2N2. The van der Waals surface area contributed by atoms with Crippen molar-refractivity contribution in [2.45, 2.75) is 39.3 Å². The summed E-state index contributed by atoms with van der Waals surface area (Å²) in [6.45, 7) is 6.49. The van der Waals surface area contributed by atoms with E-state index in [2.05, 4.69) is 23.7 Å². The quantitative estimate of drug-likeness (QED) is 0.753. The fourth-order valence-electron chi connectivity index (χ4n) is 2.03. The van der Waals surface area contributed by atoms with Crippen molar-refractivity contribution in [1.29, 1.82) is 0 Å². The van der Waals surface area contributed by atoms with Crippen LogP contribution in [0.3, 0.4) is 0 Å². The van der Waals surface area contributed by atoms with Crippen LogP contribution < -0.4 is 0 Å². The van der Waals surface area contributed by atoms with Gasteiger partial charge in [0.1, 0.15) is 10.3 Å². The molecule has 2 rings (SSSR count). The lowest BCUT2D eigenvalue weighted by Gasteiger charge is -2.24. The molecule has 4 heteroatoms. The van der Waals surface area contributed by atoms with Gasteiger partial charge in [-0.25, -0.2) is 4.98 Å². The number of rotatable bonds is 5. The molecule has 94 valence electrons. The molecule has 0 aliphatic heterocycles. The summed E-state index contributed by atoms with van der Waals surface area (Å²) in [5, 5.41) is 0.993. The minimum Gasteiger partial charge on any atom is -0.296 e. The summed E-state index contributed by atoms with van der Waals surface area (Å²) in [6.07, 6.45) is 2.62. The molecule has 0 unspecified atom stereocenters. The number of halogens is 2. The van der Waals surface area contributed by atoms with Crippen LogP contribution in [0.2, 0.25) is 10.3 Å². The fraction of sp³-hybridized carbons (Fsp3) is 0.615. The molecule has 0 spiro atoms. The lowest BCUT2D eigenvalue weighted by Crippen LogP contribution is -2.29. The van der Waals surface area contributed by atoms with Gasteiger partial charge >= 0.3 is 0 Å². The van der Waals surface area contributed by atoms with Gasteiger partial charge in [-0.3, -0.25) is 4.90 Å². The molecular weight excluding hydrogens is 255 g/mol. The first kappa shape index (κ1) is 13.1. The first-order valence-electron chi connectivity index (χ1n) is 6.11. The molecule has 0 amide bonds. The Hall–Kier alpha value is -0.310. The number of nitrogens with zero attached hydrogens (tertiary/aromatic N) is 2. The van der Waals surface area contributed by atoms with Gasteiger partial charge < -0.3 is 0 Å². The largest absolute Gasteiger partial charge is 0.296 e. The molecule has 1 aliphatic rings. The molecule has 0 bridgehead atoms. The van der Waals surface area contributed by atoms with Gasteiger partial charge in [0.15, 0.2) is 0 Å². The average molecular weight is 273 g/mol. The third-order valence-corrected chi connectivity index (χ3v) is 3.47. The van der Waals surface area contributed by atoms with Crippen LogP contribution in [0.15, 0.2) is 12.1 Å². The Balaban J connectivity index is 2.06. The highest BCUT2D eigenvalue weighted by Gasteiger charge is 2.29. The molecule has 0 saturated heterocycles. The maximum atomic E-state index is 6.11. The van der Waals surface area contributed by atoms with Gasteiger partial charge in [-0.05, 0) is 24.8 Å². The first-order chi connectivity index (χ1) is 8.06. The van der Waals surface area contributed by atoms with Crippen molar-refractivity contribution in [2.75, 3.05) is 6.54 Å². The molecule has 0 atom stereocenters. The lowest BCUT2D eigenvalue weighted by molar-refractivity contribution is 0.226. The Kier molecular flexibility index (Phi) is 4.29. The van der Waals surface area contributed by atoms with Crippen LogP contribution in [0.4, 0.5) is 0 Å². The van der Waals surface area contributed by atoms with Gasteiger partial charge in [-0.2, -0.15) is 0 Å². The zero-order valence-corrected chi connectivity index (χ0v) is 11.8. The van der Waals surface area contributed by atoms with E-state index in [9.17, 15) is 0 Å². The van der Waals surface area contributed by atoms with Crippen molar-refractivity contribution in [3.05, 3.63) is 28.0 Å². The van der Waals surface area contributed by atoms with E-state index < -0.39 is 0 Å². The highest BCUT2D eigenvalue weighted by Crippen LogP contribution is 2.30. The topological polar surface area (TPSA) is 16.1 Å². The SMILES string of the molecule is CC(C)CN(Cc1ccc(Cl)nc1Cl)C1CC1. The Morgan fingerprint density at radius 2 is 2.06 bits per heavy atom. The van der Waals surface area contributed by atoms with E-state index in [1.165, 1.54) is 12.8 Å². The predicted octanol–water partition coefficient (Wildman–Crippen LogP) is 4.01. The van der Waals surface area contributed by atoms with Crippen molar-refractivity contribution < 1.29 is 0 Å². The zero-order chi connectivity index (χ0) is 12.4. The second-order valence-corrected chi connectivity index (χ2v) is 5.88. The standard InChI is InChI=1S/C13H18Cl2N2/c1-9(2)7-17(11-4-5-11)8-10-3-6-12(14)16-13(10)15/h3,6,9,11H,4-5,7-8H2,1-2H3. The summed E-state index contributed by atoms with van der Waals surface area (Å²) in [6, 6.07) is 4.53. The summed E-state index contributed by atoms with van der Waals surface area (Å²) in [4.78, 5) is 6.59. The van der Waals surface area contributed by atoms with E-state index in [0.29, 0.717) is 16.2 Å². The number of aromatic nitrogens is 1. The molecule has 0 radical (unpaired) electrons. The van der Waals surface area contributed by atoms with Crippen molar-refractivity contribution in [3.8, 4) is 0 Å². The molecule has 2 nitrogen and oxygen atoms in total. The first-order valence-corrected chi connectivity index (χ1v) is 6.87. The van der Waals surface area contributed by atoms with Crippen molar-refractivity contribution in [3.63, 3.8) is 0 Å². The van der Waals surface area contributed by atoms with Crippen LogP contribution in [-0.2, 0) is 6.54 Å². The third-order valence-electron chi connectivity index (χ3n) is 2.93. The van der Waals surface area contributed by atoms with Crippen molar-refractivity contribution >= 4 is 23.2 Å². The van der Waals surface area contributed by atoms with Gasteiger partial charge in [0.05, 0.1) is 0 Å². The van der Waals surface area contributed by atoms with Gasteiger partial charge in [0.25, 0.3) is 0 Å². The highest BCUT2D eigenvalue weighted by molar-refractivity contribution is 6.32. The Morgan fingerprint density at radius 3 is 2.59 bits per heavy atom. The smallest absolute Gasteiger partial charge is 0.135 e. The molecule has 1 aliphatic carbocycles. The summed E-state index contributed by atoms with van der Waals surface area (Å²) in [5.74, 6) is 0.676. The van der Waals surface area contributed by atoms with Crippen LogP contribution >= 0.6 is 23.2 Å². The molecule has 1 heterocycles. The minimum atomic E-state index is 0.459. The molecule has 1 aromatic heterocycles. The lowest BCUT2D eigenvalue weighted by atomic mass is 10.2. The Labute approximate surface area is 113 Å². The van der Waals surface area contributed by atoms with Crippen LogP contribution in [0.5, 0.6) is 0 Å². The molecule has 0 aromatic carbocycles. The van der Waals surface area contributed by atoms with E-state index in [0.717, 1.165) is 24.7 Å². The van der Waals surface area contributed by atoms with Gasteiger partial charge in [-0.15, -0.1) is 0 Å². The maximum Gasteiger partial charge on any atom is 0.135 e. The van der Waals surface area contributed by atoms with Crippen LogP contribution in [-0.4, -0.2) is 22.5 Å². The molecule has 17 heavy (non-hydrogen) atoms. The van der Waals surface area contributed by atoms with Crippen LogP contribution in [0, 0.1) is 5.92 Å². The normalized spacial score (nSPS) is 15.9. The zero-order valence-electron chi connectivity index (χ0n) is 10.3. The number of hydrogen-bond donors (Lipinski definition) is 0. The summed E-state index contributed by atoms with van der Waals surface area (Å²) >= 11 is 11.9. The Bertz CT molecular complexity index is 389. The van der Waals surface area contributed by atoms with Crippen molar-refractivity contribution in [1.82, 2.24) is 9.88 Å². The van der Waals surface area contributed by atoms with Crippen LogP contribution in [0.25, 0.3) is 0 Å². The van der Waals surface area contributed by atoms with Gasteiger partial charge in [-0.1, -0.05) is 43.1 Å².